The van der Waals surface area contributed by atoms with E-state index in [-0.39, 0.29) is 5.88 Å². The first kappa shape index (κ1) is 13.3. The van der Waals surface area contributed by atoms with Gasteiger partial charge in [0.05, 0.1) is 7.11 Å². The maximum atomic E-state index is 12.4. The Morgan fingerprint density at radius 2 is 1.94 bits per heavy atom. The van der Waals surface area contributed by atoms with E-state index < -0.39 is 29.7 Å². The molecule has 1 heterocycles. The van der Waals surface area contributed by atoms with Crippen LogP contribution in [0.3, 0.4) is 0 Å². The van der Waals surface area contributed by atoms with Crippen LogP contribution in [-0.2, 0) is 0 Å². The van der Waals surface area contributed by atoms with Crippen molar-refractivity contribution in [2.24, 2.45) is 0 Å². The van der Waals surface area contributed by atoms with Crippen LogP contribution in [0.5, 0.6) is 11.6 Å². The molecule has 0 saturated heterocycles. The zero-order valence-corrected chi connectivity index (χ0v) is 8.27. The predicted octanol–water partition coefficient (Wildman–Crippen LogP) is 2.22. The number of halogens is 5. The van der Waals surface area contributed by atoms with Gasteiger partial charge in [-0.3, -0.25) is 4.79 Å². The SMILES string of the molecule is COc1cc(=O)c(OC(F)(F)F)c(C(F)F)[nH]1. The van der Waals surface area contributed by atoms with Crippen molar-refractivity contribution < 1.29 is 31.4 Å². The summed E-state index contributed by atoms with van der Waals surface area (Å²) in [6.07, 6.45) is -8.57. The zero-order valence-electron chi connectivity index (χ0n) is 8.27. The largest absolute Gasteiger partial charge is 0.573 e. The lowest BCUT2D eigenvalue weighted by molar-refractivity contribution is -0.275. The molecule has 0 atom stereocenters. The van der Waals surface area contributed by atoms with Crippen molar-refractivity contribution in [1.82, 2.24) is 4.98 Å². The second-order valence-corrected chi connectivity index (χ2v) is 2.79. The molecule has 0 spiro atoms. The molecular formula is C8H6F5NO3. The minimum absolute atomic E-state index is 0.389. The first-order valence-electron chi connectivity index (χ1n) is 4.09. The number of alkyl halides is 5. The van der Waals surface area contributed by atoms with Crippen LogP contribution in [0.4, 0.5) is 22.0 Å². The third-order valence-corrected chi connectivity index (χ3v) is 1.64. The van der Waals surface area contributed by atoms with Gasteiger partial charge in [0, 0.05) is 6.07 Å². The molecule has 1 aromatic heterocycles. The number of hydrogen-bond donors (Lipinski definition) is 1. The van der Waals surface area contributed by atoms with Crippen molar-refractivity contribution in [1.29, 1.82) is 0 Å². The second kappa shape index (κ2) is 4.60. The van der Waals surface area contributed by atoms with Crippen LogP contribution in [-0.4, -0.2) is 18.5 Å². The molecule has 1 aromatic rings. The average molecular weight is 259 g/mol. The molecule has 1 rings (SSSR count). The molecule has 0 aliphatic carbocycles. The fourth-order valence-electron chi connectivity index (χ4n) is 1.03. The fourth-order valence-corrected chi connectivity index (χ4v) is 1.03. The molecule has 0 bridgehead atoms. The van der Waals surface area contributed by atoms with Gasteiger partial charge in [0.2, 0.25) is 11.2 Å². The van der Waals surface area contributed by atoms with Crippen LogP contribution in [0.15, 0.2) is 10.9 Å². The highest BCUT2D eigenvalue weighted by Crippen LogP contribution is 2.29. The number of ether oxygens (including phenoxy) is 2. The maximum absolute atomic E-state index is 12.4. The Hall–Kier alpha value is -1.80. The van der Waals surface area contributed by atoms with Gasteiger partial charge in [0.15, 0.2) is 5.88 Å². The quantitative estimate of drug-likeness (QED) is 0.847. The summed E-state index contributed by atoms with van der Waals surface area (Å²) in [5, 5.41) is 0. The standard InChI is InChI=1S/C8H6F5NO3/c1-16-4-2-3(15)6(17-8(11,12)13)5(14-4)7(9)10/h2,7H,1H3,(H,14,15). The topological polar surface area (TPSA) is 51.3 Å². The van der Waals surface area contributed by atoms with Gasteiger partial charge >= 0.3 is 6.36 Å². The summed E-state index contributed by atoms with van der Waals surface area (Å²) in [5.74, 6) is -1.88. The lowest BCUT2D eigenvalue weighted by atomic mass is 10.3. The Morgan fingerprint density at radius 3 is 2.35 bits per heavy atom. The highest BCUT2D eigenvalue weighted by Gasteiger charge is 2.35. The van der Waals surface area contributed by atoms with E-state index in [1.165, 1.54) is 0 Å². The van der Waals surface area contributed by atoms with Gasteiger partial charge in [0.1, 0.15) is 5.69 Å². The van der Waals surface area contributed by atoms with Gasteiger partial charge in [-0.05, 0) is 0 Å². The molecule has 0 aliphatic rings. The minimum atomic E-state index is -5.23. The first-order chi connectivity index (χ1) is 7.74. The van der Waals surface area contributed by atoms with Crippen LogP contribution >= 0.6 is 0 Å². The molecule has 0 radical (unpaired) electrons. The van der Waals surface area contributed by atoms with E-state index in [9.17, 15) is 26.7 Å². The number of aromatic nitrogens is 1. The van der Waals surface area contributed by atoms with E-state index in [0.717, 1.165) is 7.11 Å². The van der Waals surface area contributed by atoms with E-state index in [0.29, 0.717) is 6.07 Å². The number of rotatable bonds is 3. The Balaban J connectivity index is 3.32. The van der Waals surface area contributed by atoms with Crippen molar-refractivity contribution in [3.63, 3.8) is 0 Å². The second-order valence-electron chi connectivity index (χ2n) is 2.79. The fraction of sp³-hybridized carbons (Fsp3) is 0.375. The van der Waals surface area contributed by atoms with Crippen molar-refractivity contribution in [3.8, 4) is 11.6 Å². The molecule has 17 heavy (non-hydrogen) atoms. The van der Waals surface area contributed by atoms with Gasteiger partial charge in [-0.15, -0.1) is 13.2 Å². The molecule has 1 N–H and O–H groups in total. The third kappa shape index (κ3) is 3.33. The van der Waals surface area contributed by atoms with E-state index in [2.05, 4.69) is 9.47 Å². The molecule has 4 nitrogen and oxygen atoms in total. The molecule has 0 fully saturated rings. The Morgan fingerprint density at radius 1 is 1.35 bits per heavy atom. The zero-order chi connectivity index (χ0) is 13.2. The summed E-state index contributed by atoms with van der Waals surface area (Å²) < 4.78 is 68.2. The Bertz CT molecular complexity index is 453. The summed E-state index contributed by atoms with van der Waals surface area (Å²) in [5.41, 5.74) is -2.64. The molecule has 0 amide bonds. The Labute approximate surface area is 91.0 Å². The molecule has 0 saturated carbocycles. The molecule has 0 unspecified atom stereocenters. The third-order valence-electron chi connectivity index (χ3n) is 1.64. The normalized spacial score (nSPS) is 11.7. The molecule has 9 heteroatoms. The van der Waals surface area contributed by atoms with Crippen LogP contribution < -0.4 is 14.9 Å². The highest BCUT2D eigenvalue weighted by molar-refractivity contribution is 5.32. The molecule has 0 aliphatic heterocycles. The number of pyridine rings is 1. The molecule has 0 aromatic carbocycles. The van der Waals surface area contributed by atoms with E-state index in [1.807, 2.05) is 4.98 Å². The van der Waals surface area contributed by atoms with Crippen molar-refractivity contribution in [3.05, 3.63) is 22.0 Å². The predicted molar refractivity (Wildman–Crippen MR) is 45.3 cm³/mol. The number of H-pyrrole nitrogens is 1. The average Bonchev–Trinajstić information content (AvgIpc) is 2.18. The van der Waals surface area contributed by atoms with Crippen LogP contribution in [0.2, 0.25) is 0 Å². The van der Waals surface area contributed by atoms with Gasteiger partial charge in [-0.1, -0.05) is 0 Å². The monoisotopic (exact) mass is 259 g/mol. The van der Waals surface area contributed by atoms with Crippen molar-refractivity contribution >= 4 is 0 Å². The minimum Gasteiger partial charge on any atom is -0.482 e. The van der Waals surface area contributed by atoms with E-state index in [1.54, 1.807) is 0 Å². The lowest BCUT2D eigenvalue weighted by Crippen LogP contribution is -2.23. The summed E-state index contributed by atoms with van der Waals surface area (Å²) >= 11 is 0. The van der Waals surface area contributed by atoms with E-state index in [4.69, 9.17) is 0 Å². The number of hydrogen-bond acceptors (Lipinski definition) is 3. The summed E-state index contributed by atoms with van der Waals surface area (Å²) in [6.45, 7) is 0. The van der Waals surface area contributed by atoms with Gasteiger partial charge in [0.25, 0.3) is 6.43 Å². The van der Waals surface area contributed by atoms with Crippen LogP contribution in [0, 0.1) is 0 Å². The Kier molecular flexibility index (Phi) is 3.59. The number of aromatic amines is 1. The smallest absolute Gasteiger partial charge is 0.482 e. The first-order valence-corrected chi connectivity index (χ1v) is 4.09. The molecular weight excluding hydrogens is 253 g/mol. The van der Waals surface area contributed by atoms with Gasteiger partial charge in [-0.25, -0.2) is 8.78 Å². The van der Waals surface area contributed by atoms with E-state index >= 15 is 0 Å². The number of nitrogens with one attached hydrogen (secondary N) is 1. The van der Waals surface area contributed by atoms with Crippen molar-refractivity contribution in [2.75, 3.05) is 7.11 Å². The van der Waals surface area contributed by atoms with Crippen LogP contribution in [0.1, 0.15) is 12.1 Å². The van der Waals surface area contributed by atoms with Gasteiger partial charge < -0.3 is 14.5 Å². The molecule has 96 valence electrons. The highest BCUT2D eigenvalue weighted by atomic mass is 19.4. The maximum Gasteiger partial charge on any atom is 0.573 e. The summed E-state index contributed by atoms with van der Waals surface area (Å²) in [6, 6.07) is 0.576. The van der Waals surface area contributed by atoms with Crippen LogP contribution in [0.25, 0.3) is 0 Å². The summed E-state index contributed by atoms with van der Waals surface area (Å²) in [7, 11) is 1.06. The lowest BCUT2D eigenvalue weighted by Gasteiger charge is -2.13. The number of methoxy groups -OCH3 is 1. The van der Waals surface area contributed by atoms with Gasteiger partial charge in [-0.2, -0.15) is 0 Å². The van der Waals surface area contributed by atoms with Crippen molar-refractivity contribution in [2.45, 2.75) is 12.8 Å². The summed E-state index contributed by atoms with van der Waals surface area (Å²) in [4.78, 5) is 13.0.